The second-order valence-electron chi connectivity index (χ2n) is 7.48. The van der Waals surface area contributed by atoms with Gasteiger partial charge in [-0.15, -0.1) is 0 Å². The lowest BCUT2D eigenvalue weighted by Gasteiger charge is -2.15. The number of hydrogen-bond acceptors (Lipinski definition) is 4. The minimum Gasteiger partial charge on any atom is -0.391 e. The van der Waals surface area contributed by atoms with Crippen LogP contribution in [0.3, 0.4) is 0 Å². The minimum atomic E-state index is -0.395. The van der Waals surface area contributed by atoms with Crippen molar-refractivity contribution in [3.63, 3.8) is 0 Å². The number of aromatic nitrogens is 3. The van der Waals surface area contributed by atoms with E-state index in [4.69, 9.17) is 0 Å². The van der Waals surface area contributed by atoms with E-state index in [1.54, 1.807) is 0 Å². The normalized spacial score (nSPS) is 20.9. The molecule has 1 aliphatic rings. The van der Waals surface area contributed by atoms with Crippen molar-refractivity contribution in [1.82, 2.24) is 20.1 Å². The van der Waals surface area contributed by atoms with Crippen molar-refractivity contribution in [2.24, 2.45) is 5.92 Å². The standard InChI is InChI=1S/C20H24N4O2/c1-12-3-4-18-14(5-12)7-16(20(26)21-18)10-24-9-15(19(25)11-24)8-17-6-13(2)22-23-17/h3-7,15,19,25H,8-11H2,1-2H3,(H,21,26)(H,22,23)/t15-,19-/m1/s1. The summed E-state index contributed by atoms with van der Waals surface area (Å²) in [5, 5.41) is 18.7. The van der Waals surface area contributed by atoms with Crippen LogP contribution in [0.1, 0.15) is 22.5 Å². The van der Waals surface area contributed by atoms with Gasteiger partial charge in [-0.05, 0) is 49.9 Å². The van der Waals surface area contributed by atoms with Crippen LogP contribution in [0.15, 0.2) is 35.1 Å². The molecule has 1 saturated heterocycles. The first-order valence-electron chi connectivity index (χ1n) is 9.02. The molecule has 1 aromatic carbocycles. The maximum Gasteiger partial charge on any atom is 0.252 e. The van der Waals surface area contributed by atoms with Crippen LogP contribution < -0.4 is 5.56 Å². The Balaban J connectivity index is 1.50. The Morgan fingerprint density at radius 2 is 2.08 bits per heavy atom. The lowest BCUT2D eigenvalue weighted by atomic mass is 10.0. The van der Waals surface area contributed by atoms with E-state index in [1.165, 1.54) is 5.56 Å². The summed E-state index contributed by atoms with van der Waals surface area (Å²) in [5.41, 5.74) is 4.72. The largest absolute Gasteiger partial charge is 0.391 e. The predicted octanol–water partition coefficient (Wildman–Crippen LogP) is 1.90. The number of benzene rings is 1. The number of fused-ring (bicyclic) bond motifs is 1. The maximum atomic E-state index is 12.4. The van der Waals surface area contributed by atoms with Crippen molar-refractivity contribution in [2.45, 2.75) is 32.9 Å². The summed E-state index contributed by atoms with van der Waals surface area (Å²) < 4.78 is 0. The van der Waals surface area contributed by atoms with E-state index in [2.05, 4.69) is 26.1 Å². The molecular formula is C20H24N4O2. The molecule has 0 unspecified atom stereocenters. The molecule has 0 bridgehead atoms. The van der Waals surface area contributed by atoms with E-state index in [0.717, 1.165) is 40.8 Å². The number of β-amino-alcohol motifs (C(OH)–C–C–N with tert-alkyl or cyclic N) is 1. The van der Waals surface area contributed by atoms with Gasteiger partial charge in [0.25, 0.3) is 5.56 Å². The zero-order valence-electron chi connectivity index (χ0n) is 15.1. The van der Waals surface area contributed by atoms with Gasteiger partial charge < -0.3 is 10.1 Å². The Morgan fingerprint density at radius 1 is 1.23 bits per heavy atom. The summed E-state index contributed by atoms with van der Waals surface area (Å²) in [5.74, 6) is 0.138. The van der Waals surface area contributed by atoms with E-state index in [1.807, 2.05) is 38.1 Å². The molecule has 0 radical (unpaired) electrons. The number of rotatable bonds is 4. The molecular weight excluding hydrogens is 328 g/mol. The van der Waals surface area contributed by atoms with Crippen LogP contribution in [0.25, 0.3) is 10.9 Å². The fraction of sp³-hybridized carbons (Fsp3) is 0.400. The molecule has 3 N–H and O–H groups in total. The Kier molecular flexibility index (Phi) is 4.38. The lowest BCUT2D eigenvalue weighted by Crippen LogP contribution is -2.25. The number of hydrogen-bond donors (Lipinski definition) is 3. The molecule has 1 aliphatic heterocycles. The summed E-state index contributed by atoms with van der Waals surface area (Å²) in [4.78, 5) is 17.5. The van der Waals surface area contributed by atoms with Crippen LogP contribution in [0.2, 0.25) is 0 Å². The fourth-order valence-electron chi connectivity index (χ4n) is 3.85. The smallest absolute Gasteiger partial charge is 0.252 e. The summed E-state index contributed by atoms with van der Waals surface area (Å²) >= 11 is 0. The molecule has 0 aliphatic carbocycles. The number of aliphatic hydroxyl groups excluding tert-OH is 1. The number of nitrogens with zero attached hydrogens (tertiary/aromatic N) is 2. The second kappa shape index (κ2) is 6.70. The monoisotopic (exact) mass is 352 g/mol. The number of aryl methyl sites for hydroxylation is 2. The first-order valence-corrected chi connectivity index (χ1v) is 9.02. The van der Waals surface area contributed by atoms with Gasteiger partial charge in [-0.25, -0.2) is 0 Å². The molecule has 4 rings (SSSR count). The summed E-state index contributed by atoms with van der Waals surface area (Å²) in [6.45, 7) is 5.91. The third kappa shape index (κ3) is 3.43. The molecule has 0 saturated carbocycles. The predicted molar refractivity (Wildman–Crippen MR) is 101 cm³/mol. The molecule has 6 heteroatoms. The van der Waals surface area contributed by atoms with Gasteiger partial charge in [-0.3, -0.25) is 14.8 Å². The van der Waals surface area contributed by atoms with Crippen LogP contribution in [-0.4, -0.2) is 44.4 Å². The van der Waals surface area contributed by atoms with Crippen molar-refractivity contribution in [2.75, 3.05) is 13.1 Å². The highest BCUT2D eigenvalue weighted by Gasteiger charge is 2.32. The highest BCUT2D eigenvalue weighted by atomic mass is 16.3. The zero-order valence-corrected chi connectivity index (χ0v) is 15.1. The van der Waals surface area contributed by atoms with Gasteiger partial charge in [0.05, 0.1) is 11.8 Å². The van der Waals surface area contributed by atoms with Crippen LogP contribution in [0.4, 0.5) is 0 Å². The molecule has 136 valence electrons. The van der Waals surface area contributed by atoms with Gasteiger partial charge in [0.1, 0.15) is 0 Å². The average molecular weight is 352 g/mol. The zero-order chi connectivity index (χ0) is 18.3. The summed E-state index contributed by atoms with van der Waals surface area (Å²) in [7, 11) is 0. The van der Waals surface area contributed by atoms with Crippen molar-refractivity contribution in [3.8, 4) is 0 Å². The van der Waals surface area contributed by atoms with Crippen molar-refractivity contribution < 1.29 is 5.11 Å². The summed E-state index contributed by atoms with van der Waals surface area (Å²) in [6.07, 6.45) is 0.351. The van der Waals surface area contributed by atoms with Crippen LogP contribution in [0, 0.1) is 19.8 Å². The number of pyridine rings is 1. The van der Waals surface area contributed by atoms with Gasteiger partial charge in [-0.2, -0.15) is 5.10 Å². The first-order chi connectivity index (χ1) is 12.5. The molecule has 3 heterocycles. The van der Waals surface area contributed by atoms with E-state index in [-0.39, 0.29) is 11.5 Å². The molecule has 26 heavy (non-hydrogen) atoms. The average Bonchev–Trinajstić information content (AvgIpc) is 3.14. The fourth-order valence-corrected chi connectivity index (χ4v) is 3.85. The quantitative estimate of drug-likeness (QED) is 0.670. The Morgan fingerprint density at radius 3 is 2.85 bits per heavy atom. The third-order valence-electron chi connectivity index (χ3n) is 5.18. The van der Waals surface area contributed by atoms with Crippen LogP contribution in [-0.2, 0) is 13.0 Å². The second-order valence-corrected chi connectivity index (χ2v) is 7.48. The van der Waals surface area contributed by atoms with E-state index >= 15 is 0 Å². The first kappa shape index (κ1) is 17.0. The number of nitrogens with one attached hydrogen (secondary N) is 2. The highest BCUT2D eigenvalue weighted by molar-refractivity contribution is 5.79. The van der Waals surface area contributed by atoms with Crippen LogP contribution >= 0.6 is 0 Å². The van der Waals surface area contributed by atoms with Gasteiger partial charge in [0.2, 0.25) is 0 Å². The molecule has 1 fully saturated rings. The van der Waals surface area contributed by atoms with Gasteiger partial charge >= 0.3 is 0 Å². The topological polar surface area (TPSA) is 85.0 Å². The minimum absolute atomic E-state index is 0.0535. The third-order valence-corrected chi connectivity index (χ3v) is 5.18. The van der Waals surface area contributed by atoms with E-state index in [0.29, 0.717) is 13.1 Å². The number of aliphatic hydroxyl groups is 1. The van der Waals surface area contributed by atoms with Crippen LogP contribution in [0.5, 0.6) is 0 Å². The van der Waals surface area contributed by atoms with Crippen molar-refractivity contribution >= 4 is 10.9 Å². The Bertz CT molecular complexity index is 991. The lowest BCUT2D eigenvalue weighted by molar-refractivity contribution is 0.140. The van der Waals surface area contributed by atoms with Gasteiger partial charge in [0, 0.05) is 42.3 Å². The molecule has 0 amide bonds. The van der Waals surface area contributed by atoms with Crippen molar-refractivity contribution in [1.29, 1.82) is 0 Å². The maximum absolute atomic E-state index is 12.4. The molecule has 3 aromatic rings. The molecule has 6 nitrogen and oxygen atoms in total. The SMILES string of the molecule is Cc1ccc2[nH]c(=O)c(CN3C[C@@H](Cc4cc(C)[nH]n4)[C@H](O)C3)cc2c1. The highest BCUT2D eigenvalue weighted by Crippen LogP contribution is 2.23. The van der Waals surface area contributed by atoms with Crippen molar-refractivity contribution in [3.05, 3.63) is 63.2 Å². The number of likely N-dealkylation sites (tertiary alicyclic amines) is 1. The van der Waals surface area contributed by atoms with E-state index in [9.17, 15) is 9.90 Å². The van der Waals surface area contributed by atoms with Gasteiger partial charge in [0.15, 0.2) is 0 Å². The summed E-state index contributed by atoms with van der Waals surface area (Å²) in [6, 6.07) is 10.0. The number of aromatic amines is 2. The molecule has 0 spiro atoms. The molecule has 2 aromatic heterocycles. The van der Waals surface area contributed by atoms with E-state index < -0.39 is 6.10 Å². The Labute approximate surface area is 151 Å². The van der Waals surface area contributed by atoms with Gasteiger partial charge in [-0.1, -0.05) is 11.6 Å². The number of H-pyrrole nitrogens is 2. The molecule has 2 atom stereocenters. The Hall–Kier alpha value is -2.44.